The van der Waals surface area contributed by atoms with Crippen molar-refractivity contribution in [3.63, 3.8) is 0 Å². The number of rotatable bonds is 5. The third kappa shape index (κ3) is 4.07. The summed E-state index contributed by atoms with van der Waals surface area (Å²) in [6, 6.07) is 10.6. The molecule has 3 heteroatoms. The third-order valence-electron chi connectivity index (χ3n) is 4.27. The lowest BCUT2D eigenvalue weighted by atomic mass is 9.92. The molecule has 2 atom stereocenters. The largest absolute Gasteiger partial charge is 0.338 e. The Bertz CT molecular complexity index is 418. The second kappa shape index (κ2) is 7.44. The fraction of sp³-hybridized carbons (Fsp3) is 0.588. The molecule has 0 bridgehead atoms. The van der Waals surface area contributed by atoms with Crippen LogP contribution in [0.2, 0.25) is 0 Å². The van der Waals surface area contributed by atoms with Crippen molar-refractivity contribution in [3.8, 4) is 0 Å². The average molecular weight is 274 g/mol. The second-order valence-electron chi connectivity index (χ2n) is 5.95. The molecule has 0 radical (unpaired) electrons. The minimum Gasteiger partial charge on any atom is -0.338 e. The van der Waals surface area contributed by atoms with E-state index in [0.29, 0.717) is 18.9 Å². The maximum atomic E-state index is 12.3. The van der Waals surface area contributed by atoms with E-state index in [4.69, 9.17) is 5.73 Å². The maximum absolute atomic E-state index is 12.3. The molecule has 1 aliphatic rings. The predicted octanol–water partition coefficient (Wildman–Crippen LogP) is 2.60. The summed E-state index contributed by atoms with van der Waals surface area (Å²) in [5.74, 6) is 0.972. The van der Waals surface area contributed by atoms with Crippen LogP contribution < -0.4 is 5.73 Å². The highest BCUT2D eigenvalue weighted by atomic mass is 16.2. The zero-order chi connectivity index (χ0) is 14.4. The molecule has 1 aromatic rings. The lowest BCUT2D eigenvalue weighted by molar-refractivity contribution is -0.135. The predicted molar refractivity (Wildman–Crippen MR) is 82.3 cm³/mol. The van der Waals surface area contributed by atoms with Gasteiger partial charge in [-0.3, -0.25) is 4.79 Å². The van der Waals surface area contributed by atoms with Crippen LogP contribution in [-0.4, -0.2) is 29.9 Å². The van der Waals surface area contributed by atoms with Gasteiger partial charge in [0.2, 0.25) is 5.91 Å². The number of hydrogen-bond donors (Lipinski definition) is 1. The Morgan fingerprint density at radius 1 is 1.35 bits per heavy atom. The van der Waals surface area contributed by atoms with Crippen molar-refractivity contribution in [2.24, 2.45) is 11.7 Å². The van der Waals surface area contributed by atoms with E-state index < -0.39 is 0 Å². The quantitative estimate of drug-likeness (QED) is 0.897. The summed E-state index contributed by atoms with van der Waals surface area (Å²) < 4.78 is 0. The van der Waals surface area contributed by atoms with E-state index in [2.05, 4.69) is 19.1 Å². The summed E-state index contributed by atoms with van der Waals surface area (Å²) in [7, 11) is 0. The van der Waals surface area contributed by atoms with Crippen molar-refractivity contribution in [1.29, 1.82) is 0 Å². The van der Waals surface area contributed by atoms with E-state index in [9.17, 15) is 4.79 Å². The minimum absolute atomic E-state index is 0.253. The molecule has 1 aliphatic heterocycles. The number of benzene rings is 1. The third-order valence-corrected chi connectivity index (χ3v) is 4.27. The molecule has 1 saturated heterocycles. The van der Waals surface area contributed by atoms with Gasteiger partial charge in [0.1, 0.15) is 0 Å². The maximum Gasteiger partial charge on any atom is 0.222 e. The lowest BCUT2D eigenvalue weighted by Crippen LogP contribution is -2.49. The normalized spacial score (nSPS) is 22.8. The first-order valence-electron chi connectivity index (χ1n) is 7.74. The van der Waals surface area contributed by atoms with E-state index in [0.717, 1.165) is 32.2 Å². The zero-order valence-electron chi connectivity index (χ0n) is 12.4. The van der Waals surface area contributed by atoms with Gasteiger partial charge in [0.25, 0.3) is 0 Å². The first-order chi connectivity index (χ1) is 9.70. The number of piperidine rings is 1. The van der Waals surface area contributed by atoms with Gasteiger partial charge < -0.3 is 10.6 Å². The summed E-state index contributed by atoms with van der Waals surface area (Å²) in [4.78, 5) is 14.4. The second-order valence-corrected chi connectivity index (χ2v) is 5.95. The van der Waals surface area contributed by atoms with Gasteiger partial charge in [-0.15, -0.1) is 0 Å². The molecule has 1 amide bonds. The Hall–Kier alpha value is -1.35. The Morgan fingerprint density at radius 3 is 2.80 bits per heavy atom. The monoisotopic (exact) mass is 274 g/mol. The van der Waals surface area contributed by atoms with Gasteiger partial charge >= 0.3 is 0 Å². The summed E-state index contributed by atoms with van der Waals surface area (Å²) in [5.41, 5.74) is 7.13. The Balaban J connectivity index is 1.79. The molecule has 1 heterocycles. The van der Waals surface area contributed by atoms with E-state index >= 15 is 0 Å². The van der Waals surface area contributed by atoms with Gasteiger partial charge in [-0.05, 0) is 37.2 Å². The van der Waals surface area contributed by atoms with Crippen LogP contribution in [0.15, 0.2) is 30.3 Å². The van der Waals surface area contributed by atoms with Gasteiger partial charge in [-0.1, -0.05) is 37.3 Å². The van der Waals surface area contributed by atoms with Gasteiger partial charge in [0.05, 0.1) is 0 Å². The highest BCUT2D eigenvalue weighted by Gasteiger charge is 2.28. The Morgan fingerprint density at radius 2 is 2.10 bits per heavy atom. The van der Waals surface area contributed by atoms with E-state index in [1.165, 1.54) is 5.56 Å². The van der Waals surface area contributed by atoms with E-state index in [-0.39, 0.29) is 11.9 Å². The SMILES string of the molecule is CC1CCN(C(=O)CCCc2ccccc2)C(CN)C1. The fourth-order valence-electron chi connectivity index (χ4n) is 3.04. The molecule has 2 unspecified atom stereocenters. The molecular weight excluding hydrogens is 248 g/mol. The van der Waals surface area contributed by atoms with Crippen LogP contribution in [0.3, 0.4) is 0 Å². The van der Waals surface area contributed by atoms with Crippen LogP contribution in [0, 0.1) is 5.92 Å². The summed E-state index contributed by atoms with van der Waals surface area (Å²) in [5, 5.41) is 0. The molecule has 2 rings (SSSR count). The number of nitrogens with two attached hydrogens (primary N) is 1. The molecule has 3 nitrogen and oxygen atoms in total. The van der Waals surface area contributed by atoms with Crippen molar-refractivity contribution in [3.05, 3.63) is 35.9 Å². The molecule has 2 N–H and O–H groups in total. The highest BCUT2D eigenvalue weighted by Crippen LogP contribution is 2.22. The van der Waals surface area contributed by atoms with Crippen LogP contribution in [0.1, 0.15) is 38.2 Å². The van der Waals surface area contributed by atoms with Crippen LogP contribution in [0.4, 0.5) is 0 Å². The molecular formula is C17H26N2O. The van der Waals surface area contributed by atoms with Crippen molar-refractivity contribution in [1.82, 2.24) is 4.90 Å². The number of aryl methyl sites for hydroxylation is 1. The van der Waals surface area contributed by atoms with Crippen molar-refractivity contribution in [2.75, 3.05) is 13.1 Å². The molecule has 0 aliphatic carbocycles. The van der Waals surface area contributed by atoms with E-state index in [1.807, 2.05) is 23.1 Å². The number of hydrogen-bond acceptors (Lipinski definition) is 2. The molecule has 0 spiro atoms. The summed E-state index contributed by atoms with van der Waals surface area (Å²) in [6.45, 7) is 3.72. The summed E-state index contributed by atoms with van der Waals surface area (Å²) >= 11 is 0. The topological polar surface area (TPSA) is 46.3 Å². The number of likely N-dealkylation sites (tertiary alicyclic amines) is 1. The van der Waals surface area contributed by atoms with Gasteiger partial charge in [-0.25, -0.2) is 0 Å². The molecule has 110 valence electrons. The molecule has 1 aromatic carbocycles. The summed E-state index contributed by atoms with van der Waals surface area (Å²) in [6.07, 6.45) is 4.71. The van der Waals surface area contributed by atoms with Crippen molar-refractivity contribution in [2.45, 2.75) is 45.1 Å². The smallest absolute Gasteiger partial charge is 0.222 e. The van der Waals surface area contributed by atoms with E-state index in [1.54, 1.807) is 0 Å². The molecule has 0 saturated carbocycles. The first-order valence-corrected chi connectivity index (χ1v) is 7.74. The fourth-order valence-corrected chi connectivity index (χ4v) is 3.04. The number of carbonyl (C=O) groups is 1. The van der Waals surface area contributed by atoms with Crippen LogP contribution in [-0.2, 0) is 11.2 Å². The standard InChI is InChI=1S/C17H26N2O/c1-14-10-11-19(16(12-14)13-18)17(20)9-5-8-15-6-3-2-4-7-15/h2-4,6-7,14,16H,5,8-13,18H2,1H3. The van der Waals surface area contributed by atoms with Crippen molar-refractivity contribution < 1.29 is 4.79 Å². The van der Waals surface area contributed by atoms with Crippen LogP contribution in [0.25, 0.3) is 0 Å². The lowest BCUT2D eigenvalue weighted by Gasteiger charge is -2.38. The number of amides is 1. The number of carbonyl (C=O) groups excluding carboxylic acids is 1. The first kappa shape index (κ1) is 15.0. The Kier molecular flexibility index (Phi) is 5.60. The van der Waals surface area contributed by atoms with Crippen LogP contribution in [0.5, 0.6) is 0 Å². The highest BCUT2D eigenvalue weighted by molar-refractivity contribution is 5.76. The van der Waals surface area contributed by atoms with Gasteiger partial charge in [0, 0.05) is 25.6 Å². The molecule has 0 aromatic heterocycles. The van der Waals surface area contributed by atoms with Crippen molar-refractivity contribution >= 4 is 5.91 Å². The molecule has 1 fully saturated rings. The number of nitrogens with zero attached hydrogens (tertiary/aromatic N) is 1. The molecule has 20 heavy (non-hydrogen) atoms. The zero-order valence-corrected chi connectivity index (χ0v) is 12.4. The van der Waals surface area contributed by atoms with Crippen LogP contribution >= 0.6 is 0 Å². The average Bonchev–Trinajstić information content (AvgIpc) is 2.48. The minimum atomic E-state index is 0.253. The van der Waals surface area contributed by atoms with Gasteiger partial charge in [0.15, 0.2) is 0 Å². The Labute approximate surface area is 122 Å². The van der Waals surface area contributed by atoms with Gasteiger partial charge in [-0.2, -0.15) is 0 Å².